The van der Waals surface area contributed by atoms with Gasteiger partial charge >= 0.3 is 0 Å². The Bertz CT molecular complexity index is 2500. The van der Waals surface area contributed by atoms with Gasteiger partial charge in [0.05, 0.1) is 16.7 Å². The van der Waals surface area contributed by atoms with E-state index in [-0.39, 0.29) is 0 Å². The fourth-order valence-electron chi connectivity index (χ4n) is 6.63. The molecule has 9 rings (SSSR count). The topological polar surface area (TPSA) is 51.6 Å². The van der Waals surface area contributed by atoms with Gasteiger partial charge in [0.25, 0.3) is 0 Å². The van der Waals surface area contributed by atoms with Gasteiger partial charge in [0.2, 0.25) is 0 Å². The van der Waals surface area contributed by atoms with Crippen molar-refractivity contribution < 1.29 is 0 Å². The van der Waals surface area contributed by atoms with Gasteiger partial charge in [-0.2, -0.15) is 0 Å². The smallest absolute Gasteiger partial charge is 0.0788 e. The summed E-state index contributed by atoms with van der Waals surface area (Å²) in [6.45, 7) is 0. The lowest BCUT2D eigenvalue weighted by Gasteiger charge is -2.14. The Morgan fingerprint density at radius 3 is 1.74 bits per heavy atom. The number of fused-ring (bicyclic) bond motifs is 7. The van der Waals surface area contributed by atoms with Crippen LogP contribution in [0.25, 0.3) is 88.0 Å². The van der Waals surface area contributed by atoms with E-state index in [2.05, 4.69) is 119 Å². The van der Waals surface area contributed by atoms with E-state index in [0.29, 0.717) is 0 Å². The summed E-state index contributed by atoms with van der Waals surface area (Å²) in [4.78, 5) is 18.8. The summed E-state index contributed by atoms with van der Waals surface area (Å²) in [5.41, 5.74) is 10.7. The van der Waals surface area contributed by atoms with Gasteiger partial charge in [0, 0.05) is 74.6 Å². The minimum atomic E-state index is 0.968. The molecule has 214 valence electrons. The van der Waals surface area contributed by atoms with E-state index in [1.165, 1.54) is 16.2 Å². The Kier molecular flexibility index (Phi) is 6.10. The second-order valence-corrected chi connectivity index (χ2v) is 11.6. The number of hydrogen-bond donors (Lipinski definition) is 0. The number of benzene rings is 5. The highest BCUT2D eigenvalue weighted by atomic mass is 14.7. The molecule has 0 aliphatic rings. The maximum atomic E-state index is 5.24. The Morgan fingerprint density at radius 2 is 1.02 bits per heavy atom. The molecule has 0 radical (unpaired) electrons. The van der Waals surface area contributed by atoms with Crippen molar-refractivity contribution >= 4 is 43.4 Å². The first-order chi connectivity index (χ1) is 22.8. The van der Waals surface area contributed by atoms with E-state index >= 15 is 0 Å². The third-order valence-corrected chi connectivity index (χ3v) is 8.83. The van der Waals surface area contributed by atoms with Crippen molar-refractivity contribution in [2.45, 2.75) is 0 Å². The van der Waals surface area contributed by atoms with Crippen molar-refractivity contribution in [2.75, 3.05) is 0 Å². The van der Waals surface area contributed by atoms with Crippen LogP contribution in [-0.2, 0) is 0 Å². The molecular formula is C42H26N4. The minimum absolute atomic E-state index is 0.968. The highest BCUT2D eigenvalue weighted by Gasteiger charge is 2.16. The molecule has 0 saturated carbocycles. The molecule has 0 aliphatic heterocycles. The van der Waals surface area contributed by atoms with Crippen molar-refractivity contribution in [1.82, 2.24) is 19.9 Å². The molecule has 0 fully saturated rings. The maximum absolute atomic E-state index is 5.24. The number of pyridine rings is 4. The van der Waals surface area contributed by atoms with Gasteiger partial charge in [-0.3, -0.25) is 15.0 Å². The highest BCUT2D eigenvalue weighted by Crippen LogP contribution is 2.40. The first-order valence-electron chi connectivity index (χ1n) is 15.4. The van der Waals surface area contributed by atoms with Gasteiger partial charge in [-0.05, 0) is 70.1 Å². The molecule has 4 aromatic heterocycles. The van der Waals surface area contributed by atoms with Crippen LogP contribution in [0.15, 0.2) is 158 Å². The van der Waals surface area contributed by atoms with Crippen LogP contribution in [0.5, 0.6) is 0 Å². The van der Waals surface area contributed by atoms with Crippen LogP contribution in [0.1, 0.15) is 0 Å². The quantitative estimate of drug-likeness (QED) is 0.193. The van der Waals surface area contributed by atoms with Gasteiger partial charge < -0.3 is 0 Å². The molecule has 0 atom stereocenters. The van der Waals surface area contributed by atoms with Crippen LogP contribution in [0.4, 0.5) is 0 Å². The van der Waals surface area contributed by atoms with Gasteiger partial charge in [-0.15, -0.1) is 0 Å². The zero-order chi connectivity index (χ0) is 30.5. The molecule has 46 heavy (non-hydrogen) atoms. The lowest BCUT2D eigenvalue weighted by atomic mass is 9.92. The summed E-state index contributed by atoms with van der Waals surface area (Å²) in [6.07, 6.45) is 9.32. The standard InChI is InChI=1S/C42H26N4/c1-2-10-38-36(9-1)40-37(18-17-28-13-16-29-6-5-21-45-42(29)39(28)40)41(46-38)30-14-11-27(12-15-30)33-22-34(31-7-3-19-43-25-31)24-35(23-33)32-8-4-20-44-26-32/h1-26H. The molecule has 0 saturated heterocycles. The van der Waals surface area contributed by atoms with Crippen LogP contribution in [-0.4, -0.2) is 19.9 Å². The van der Waals surface area contributed by atoms with E-state index in [4.69, 9.17) is 9.97 Å². The third kappa shape index (κ3) is 4.39. The molecule has 0 amide bonds. The molecule has 4 nitrogen and oxygen atoms in total. The van der Waals surface area contributed by atoms with Crippen LogP contribution in [0.2, 0.25) is 0 Å². The minimum Gasteiger partial charge on any atom is -0.264 e. The zero-order valence-electron chi connectivity index (χ0n) is 24.8. The molecule has 4 heterocycles. The Hall–Kier alpha value is -6.26. The third-order valence-electron chi connectivity index (χ3n) is 8.83. The Morgan fingerprint density at radius 1 is 0.391 bits per heavy atom. The summed E-state index contributed by atoms with van der Waals surface area (Å²) >= 11 is 0. The molecule has 5 aromatic carbocycles. The first-order valence-corrected chi connectivity index (χ1v) is 15.4. The Balaban J connectivity index is 1.23. The molecule has 0 N–H and O–H groups in total. The van der Waals surface area contributed by atoms with Crippen LogP contribution < -0.4 is 0 Å². The number of nitrogens with zero attached hydrogens (tertiary/aromatic N) is 4. The summed E-state index contributed by atoms with van der Waals surface area (Å²) in [6, 6.07) is 44.9. The van der Waals surface area contributed by atoms with E-state index in [0.717, 1.165) is 71.8 Å². The zero-order valence-corrected chi connectivity index (χ0v) is 24.8. The van der Waals surface area contributed by atoms with Crippen molar-refractivity contribution in [3.8, 4) is 44.6 Å². The SMILES string of the molecule is c1cncc(-c2cc(-c3ccc(-c4nc5ccccc5c5c4ccc4ccc6cccnc6c45)cc3)cc(-c3cccnc3)c2)c1. The number of hydrogen-bond acceptors (Lipinski definition) is 4. The number of para-hydroxylation sites is 1. The maximum Gasteiger partial charge on any atom is 0.0788 e. The average Bonchev–Trinajstić information content (AvgIpc) is 3.14. The summed E-state index contributed by atoms with van der Waals surface area (Å²) in [7, 11) is 0. The fourth-order valence-corrected chi connectivity index (χ4v) is 6.63. The van der Waals surface area contributed by atoms with Gasteiger partial charge in [0.15, 0.2) is 0 Å². The van der Waals surface area contributed by atoms with E-state index in [1.54, 1.807) is 12.4 Å². The molecule has 0 aliphatic carbocycles. The molecule has 0 unspecified atom stereocenters. The molecule has 4 heteroatoms. The van der Waals surface area contributed by atoms with Crippen LogP contribution in [0.3, 0.4) is 0 Å². The normalized spacial score (nSPS) is 11.5. The fraction of sp³-hybridized carbons (Fsp3) is 0. The van der Waals surface area contributed by atoms with Crippen molar-refractivity contribution in [3.05, 3.63) is 158 Å². The van der Waals surface area contributed by atoms with E-state index in [9.17, 15) is 0 Å². The summed E-state index contributed by atoms with van der Waals surface area (Å²) in [5, 5.41) is 6.92. The van der Waals surface area contributed by atoms with Crippen molar-refractivity contribution in [1.29, 1.82) is 0 Å². The average molecular weight is 587 g/mol. The Labute approximate surface area is 265 Å². The molecule has 0 bridgehead atoms. The van der Waals surface area contributed by atoms with Crippen molar-refractivity contribution in [3.63, 3.8) is 0 Å². The van der Waals surface area contributed by atoms with Gasteiger partial charge in [-0.1, -0.05) is 84.9 Å². The second kappa shape index (κ2) is 10.7. The first kappa shape index (κ1) is 26.2. The summed E-state index contributed by atoms with van der Waals surface area (Å²) in [5.74, 6) is 0. The van der Waals surface area contributed by atoms with Gasteiger partial charge in [0.1, 0.15) is 0 Å². The predicted octanol–water partition coefficient (Wildman–Crippen LogP) is 10.5. The molecular weight excluding hydrogens is 560 g/mol. The van der Waals surface area contributed by atoms with E-state index in [1.807, 2.05) is 36.8 Å². The number of rotatable bonds is 4. The lowest BCUT2D eigenvalue weighted by molar-refractivity contribution is 1.32. The second-order valence-electron chi connectivity index (χ2n) is 11.6. The monoisotopic (exact) mass is 586 g/mol. The van der Waals surface area contributed by atoms with Crippen LogP contribution in [0, 0.1) is 0 Å². The van der Waals surface area contributed by atoms with Crippen molar-refractivity contribution in [2.24, 2.45) is 0 Å². The highest BCUT2D eigenvalue weighted by molar-refractivity contribution is 6.28. The predicted molar refractivity (Wildman–Crippen MR) is 189 cm³/mol. The molecule has 0 spiro atoms. The van der Waals surface area contributed by atoms with Crippen LogP contribution >= 0.6 is 0 Å². The van der Waals surface area contributed by atoms with E-state index < -0.39 is 0 Å². The summed E-state index contributed by atoms with van der Waals surface area (Å²) < 4.78 is 0. The molecule has 9 aromatic rings. The largest absolute Gasteiger partial charge is 0.264 e. The number of aromatic nitrogens is 4. The lowest BCUT2D eigenvalue weighted by Crippen LogP contribution is -1.92. The van der Waals surface area contributed by atoms with Gasteiger partial charge in [-0.25, -0.2) is 4.98 Å².